The molecule has 78 heavy (non-hydrogen) atoms. The Morgan fingerprint density at radius 1 is 0.321 bits per heavy atom. The standard InChI is InChI=1S/2C34H48P2Si.2Au.2ClH/c2*1-32(2,3)25-23-28(33(4,5)6)30(29(24-25)34(7,8)9)35-31(37(10,11)12)36(26-19-15-13-16-20-26)27-21-17-14-18-22-27;;;;/h2*13-24H,1-12H3;;;2*1H/q;;2*+1;;/p-2. The average molecular weight is 1560 g/mol. The van der Waals surface area contributed by atoms with Crippen molar-refractivity contribution in [2.24, 2.45) is 0 Å². The number of hydrogen-bond acceptors (Lipinski definition) is 0. The number of halogens is 2. The molecule has 10 heteroatoms. The van der Waals surface area contributed by atoms with Crippen LogP contribution in [0.1, 0.15) is 158 Å². The van der Waals surface area contributed by atoms with Gasteiger partial charge in [-0.3, -0.25) is 0 Å². The van der Waals surface area contributed by atoms with E-state index in [1.165, 1.54) is 71.0 Å². The summed E-state index contributed by atoms with van der Waals surface area (Å²) in [5.74, 6) is 0. The first kappa shape index (κ1) is 71.3. The van der Waals surface area contributed by atoms with E-state index in [0.29, 0.717) is 0 Å². The van der Waals surface area contributed by atoms with Gasteiger partial charge in [0.1, 0.15) is 0 Å². The zero-order valence-electron chi connectivity index (χ0n) is 52.0. The first-order valence-corrected chi connectivity index (χ1v) is 44.3. The van der Waals surface area contributed by atoms with Crippen molar-refractivity contribution in [3.63, 3.8) is 0 Å². The monoisotopic (exact) mass is 1560 g/mol. The molecule has 0 aliphatic carbocycles. The van der Waals surface area contributed by atoms with Crippen molar-refractivity contribution in [1.82, 2.24) is 0 Å². The fourth-order valence-corrected chi connectivity index (χ4v) is 28.1. The van der Waals surface area contributed by atoms with Crippen molar-refractivity contribution in [1.29, 1.82) is 0 Å². The van der Waals surface area contributed by atoms with Gasteiger partial charge in [-0.15, -0.1) is 0 Å². The van der Waals surface area contributed by atoms with Gasteiger partial charge in [-0.25, -0.2) is 0 Å². The quantitative estimate of drug-likeness (QED) is 0.0947. The van der Waals surface area contributed by atoms with Crippen molar-refractivity contribution >= 4 is 108 Å². The summed E-state index contributed by atoms with van der Waals surface area (Å²) < 4.78 is 3.50. The number of rotatable bonds is 10. The van der Waals surface area contributed by atoms with Gasteiger partial charge in [-0.2, -0.15) is 0 Å². The van der Waals surface area contributed by atoms with Gasteiger partial charge >= 0.3 is 58.4 Å². The summed E-state index contributed by atoms with van der Waals surface area (Å²) in [5, 5.41) is 8.96. The predicted molar refractivity (Wildman–Crippen MR) is 365 cm³/mol. The molecule has 0 unspecified atom stereocenters. The van der Waals surface area contributed by atoms with E-state index in [1.807, 2.05) is 0 Å². The van der Waals surface area contributed by atoms with E-state index in [2.05, 4.69) is 328 Å². The van der Waals surface area contributed by atoms with Gasteiger partial charge in [-0.05, 0) is 112 Å². The molecule has 6 aromatic carbocycles. The van der Waals surface area contributed by atoms with Gasteiger partial charge < -0.3 is 0 Å². The molecule has 6 rings (SSSR count). The summed E-state index contributed by atoms with van der Waals surface area (Å²) in [6, 6.07) is 55.3. The maximum atomic E-state index is 4.58. The molecule has 0 N–H and O–H groups in total. The molecule has 0 aliphatic rings. The van der Waals surface area contributed by atoms with E-state index < -0.39 is 32.0 Å². The van der Waals surface area contributed by atoms with Crippen LogP contribution >= 0.6 is 50.6 Å². The normalized spacial score (nSPS) is 13.3. The first-order valence-electron chi connectivity index (χ1n) is 27.4. The summed E-state index contributed by atoms with van der Waals surface area (Å²) in [6.45, 7) is 58.1. The Balaban J connectivity index is 0.000000386. The van der Waals surface area contributed by atoms with Crippen LogP contribution in [0, 0.1) is 0 Å². The van der Waals surface area contributed by atoms with Crippen LogP contribution in [0.2, 0.25) is 39.3 Å². The average Bonchev–Trinajstić information content (AvgIpc) is 3.33. The van der Waals surface area contributed by atoms with E-state index in [0.717, 1.165) is 0 Å². The minimum atomic E-state index is -1.68. The molecule has 0 saturated carbocycles. The molecule has 0 aromatic heterocycles. The summed E-state index contributed by atoms with van der Waals surface area (Å²) in [7, 11) is 7.47. The van der Waals surface area contributed by atoms with Gasteiger partial charge in [0.05, 0.1) is 16.1 Å². The summed E-state index contributed by atoms with van der Waals surface area (Å²) >= 11 is 3.50. The fourth-order valence-electron chi connectivity index (χ4n) is 9.08. The summed E-state index contributed by atoms with van der Waals surface area (Å²) in [6.07, 6.45) is 0. The van der Waals surface area contributed by atoms with Crippen molar-refractivity contribution in [3.05, 3.63) is 179 Å². The van der Waals surface area contributed by atoms with Gasteiger partial charge in [-0.1, -0.05) is 326 Å². The van der Waals surface area contributed by atoms with Gasteiger partial charge in [0, 0.05) is 10.6 Å². The molecule has 0 aliphatic heterocycles. The van der Waals surface area contributed by atoms with Crippen LogP contribution in [0.4, 0.5) is 0 Å². The molecule has 0 atom stereocenters. The van der Waals surface area contributed by atoms with Crippen LogP contribution < -0.4 is 31.8 Å². The number of benzene rings is 6. The Morgan fingerprint density at radius 3 is 0.641 bits per heavy atom. The van der Waals surface area contributed by atoms with Gasteiger partial charge in [0.15, 0.2) is 0 Å². The van der Waals surface area contributed by atoms with E-state index in [1.54, 1.807) is 59.9 Å². The Bertz CT molecular complexity index is 2540. The Labute approximate surface area is 518 Å². The Hall–Kier alpha value is -0.986. The Morgan fingerprint density at radius 2 is 0.500 bits per heavy atom. The fraction of sp³-hybridized carbons (Fsp3) is 0.441. The second-order valence-corrected chi connectivity index (χ2v) is 47.7. The third-order valence-corrected chi connectivity index (χ3v) is 33.9. The SMILES string of the molecule is CC(C)(C)c1cc(C(C)(C)C)c(P=C(P(c2ccccc2)c2ccccc2)[Si](C)(C)C)c(C(C)(C)C)c1.CC(C)(C)c1cc(C(C)(C)C)c(P=C(P(c2ccccc2)c2ccccc2)[Si](C)(C)C)c(C(C)(C)C)c1.[Cl][Au].[Cl][Au]. The van der Waals surface area contributed by atoms with E-state index in [-0.39, 0.29) is 32.5 Å². The van der Waals surface area contributed by atoms with Crippen LogP contribution in [-0.4, -0.2) is 25.5 Å². The molecule has 0 radical (unpaired) electrons. The van der Waals surface area contributed by atoms with Crippen LogP contribution in [0.15, 0.2) is 146 Å². The van der Waals surface area contributed by atoms with Crippen molar-refractivity contribution in [3.8, 4) is 0 Å². The van der Waals surface area contributed by atoms with Crippen molar-refractivity contribution < 1.29 is 40.0 Å². The molecule has 0 spiro atoms. The molecule has 0 fully saturated rings. The number of hydrogen-bond donors (Lipinski definition) is 0. The van der Waals surface area contributed by atoms with Gasteiger partial charge in [0.2, 0.25) is 0 Å². The zero-order valence-corrected chi connectivity index (χ0v) is 63.4. The maximum absolute atomic E-state index is 4.58. The molecule has 6 aromatic rings. The van der Waals surface area contributed by atoms with E-state index in [4.69, 9.17) is 0 Å². The second-order valence-electron chi connectivity index (χ2n) is 28.7. The van der Waals surface area contributed by atoms with Crippen LogP contribution in [0.3, 0.4) is 0 Å². The third kappa shape index (κ3) is 20.1. The van der Waals surface area contributed by atoms with Crippen molar-refractivity contribution in [2.75, 3.05) is 0 Å². The first-order chi connectivity index (χ1) is 35.8. The molecule has 0 saturated heterocycles. The molecular weight excluding hydrogens is 1460 g/mol. The predicted octanol–water partition coefficient (Wildman–Crippen LogP) is 20.0. The molecular formula is C68H96Au2Cl2P4Si2. The topological polar surface area (TPSA) is 0 Å². The molecule has 0 heterocycles. The Kier molecular flexibility index (Phi) is 26.7. The van der Waals surface area contributed by atoms with Crippen LogP contribution in [0.5, 0.6) is 0 Å². The van der Waals surface area contributed by atoms with E-state index >= 15 is 0 Å². The molecule has 432 valence electrons. The minimum absolute atomic E-state index is 0.0659. The van der Waals surface area contributed by atoms with E-state index in [9.17, 15) is 0 Å². The second kappa shape index (κ2) is 29.2. The zero-order chi connectivity index (χ0) is 59.6. The van der Waals surface area contributed by atoms with Crippen LogP contribution in [0.25, 0.3) is 0 Å². The molecule has 0 amide bonds. The summed E-state index contributed by atoms with van der Waals surface area (Å²) in [4.78, 5) is 0. The molecule has 0 bridgehead atoms. The molecule has 0 nitrogen and oxygen atoms in total. The van der Waals surface area contributed by atoms with Crippen molar-refractivity contribution in [2.45, 2.75) is 196 Å². The summed E-state index contributed by atoms with van der Waals surface area (Å²) in [5.41, 5.74) is 9.43. The third-order valence-electron chi connectivity index (χ3n) is 13.4. The van der Waals surface area contributed by atoms with Crippen LogP contribution in [-0.2, 0) is 72.5 Å². The van der Waals surface area contributed by atoms with Gasteiger partial charge in [0.25, 0.3) is 0 Å².